The zero-order chi connectivity index (χ0) is 22.2. The monoisotopic (exact) mass is 468 g/mol. The van der Waals surface area contributed by atoms with E-state index in [9.17, 15) is 9.59 Å². The predicted octanol–water partition coefficient (Wildman–Crippen LogP) is 8.34. The molecule has 4 unspecified atom stereocenters. The Morgan fingerprint density at radius 2 is 1.09 bits per heavy atom. The lowest BCUT2D eigenvalue weighted by molar-refractivity contribution is 0.0789. The van der Waals surface area contributed by atoms with Crippen molar-refractivity contribution in [3.8, 4) is 0 Å². The highest BCUT2D eigenvalue weighted by atomic mass is 32.1. The summed E-state index contributed by atoms with van der Waals surface area (Å²) in [7, 11) is 0. The van der Waals surface area contributed by atoms with Crippen LogP contribution in [0.1, 0.15) is 130 Å². The average molecular weight is 469 g/mol. The van der Waals surface area contributed by atoms with Gasteiger partial charge in [-0.15, -0.1) is 22.7 Å². The molecule has 2 nitrogen and oxygen atoms in total. The molecular weight excluding hydrogens is 432 g/mol. The second-order valence-corrected chi connectivity index (χ2v) is 12.6. The van der Waals surface area contributed by atoms with Gasteiger partial charge in [0.25, 0.3) is 0 Å². The van der Waals surface area contributed by atoms with E-state index >= 15 is 0 Å². The number of ketones is 2. The molecule has 2 aromatic rings. The van der Waals surface area contributed by atoms with E-state index in [2.05, 4.69) is 26.0 Å². The van der Waals surface area contributed by atoms with E-state index in [1.54, 1.807) is 0 Å². The standard InChI is InChI=1S/C28H36O2S2/c1-3-5-7-9-11-17-13-23-25(29)19-16-22-20(15-21(19)27(23)31-17)26(30)24-14-18(32-28(22)24)12-10-8-6-4-2/h13-14,19-22H,3-12,15-16H2,1-2H3. The first kappa shape index (κ1) is 22.5. The summed E-state index contributed by atoms with van der Waals surface area (Å²) in [5.41, 5.74) is 2.01. The van der Waals surface area contributed by atoms with Crippen LogP contribution in [0, 0.1) is 11.8 Å². The molecule has 0 N–H and O–H groups in total. The average Bonchev–Trinajstić information content (AvgIpc) is 3.52. The molecule has 0 radical (unpaired) electrons. The summed E-state index contributed by atoms with van der Waals surface area (Å²) in [6.45, 7) is 4.49. The van der Waals surface area contributed by atoms with E-state index in [0.717, 1.165) is 36.8 Å². The van der Waals surface area contributed by atoms with Crippen molar-refractivity contribution in [1.29, 1.82) is 0 Å². The molecule has 3 aliphatic rings. The third-order valence-corrected chi connectivity index (χ3v) is 10.7. The van der Waals surface area contributed by atoms with Crippen LogP contribution in [0.2, 0.25) is 0 Å². The van der Waals surface area contributed by atoms with Crippen molar-refractivity contribution >= 4 is 34.2 Å². The van der Waals surface area contributed by atoms with E-state index < -0.39 is 0 Å². The maximum atomic E-state index is 13.3. The summed E-state index contributed by atoms with van der Waals surface area (Å²) in [4.78, 5) is 32.0. The highest BCUT2D eigenvalue weighted by Crippen LogP contribution is 2.59. The molecule has 5 rings (SSSR count). The van der Waals surface area contributed by atoms with Gasteiger partial charge in [0.2, 0.25) is 0 Å². The minimum absolute atomic E-state index is 0.112. The zero-order valence-corrected chi connectivity index (χ0v) is 21.2. The molecule has 0 amide bonds. The van der Waals surface area contributed by atoms with Crippen LogP contribution in [-0.2, 0) is 12.8 Å². The summed E-state index contributed by atoms with van der Waals surface area (Å²) in [5, 5.41) is 0. The van der Waals surface area contributed by atoms with Crippen LogP contribution in [0.5, 0.6) is 0 Å². The van der Waals surface area contributed by atoms with Gasteiger partial charge in [0.15, 0.2) is 11.6 Å². The number of unbranched alkanes of at least 4 members (excludes halogenated alkanes) is 6. The molecule has 1 saturated carbocycles. The number of hydrogen-bond acceptors (Lipinski definition) is 4. The summed E-state index contributed by atoms with van der Waals surface area (Å²) in [6, 6.07) is 4.41. The minimum atomic E-state index is 0.112. The zero-order valence-electron chi connectivity index (χ0n) is 19.6. The van der Waals surface area contributed by atoms with Gasteiger partial charge in [-0.05, 0) is 50.7 Å². The predicted molar refractivity (Wildman–Crippen MR) is 135 cm³/mol. The Labute approximate surface area is 200 Å². The maximum Gasteiger partial charge on any atom is 0.167 e. The number of carbonyl (C=O) groups excluding carboxylic acids is 2. The molecule has 32 heavy (non-hydrogen) atoms. The Bertz CT molecular complexity index is 917. The van der Waals surface area contributed by atoms with Gasteiger partial charge in [-0.2, -0.15) is 0 Å². The highest BCUT2D eigenvalue weighted by molar-refractivity contribution is 7.13. The second-order valence-electron chi connectivity index (χ2n) is 10.2. The van der Waals surface area contributed by atoms with Crippen LogP contribution in [0.25, 0.3) is 0 Å². The number of aryl methyl sites for hydroxylation is 2. The van der Waals surface area contributed by atoms with Crippen molar-refractivity contribution in [2.24, 2.45) is 11.8 Å². The third-order valence-electron chi connectivity index (χ3n) is 8.04. The lowest BCUT2D eigenvalue weighted by Gasteiger charge is -2.33. The molecule has 0 aliphatic heterocycles. The fraction of sp³-hybridized carbons (Fsp3) is 0.643. The van der Waals surface area contributed by atoms with E-state index in [1.807, 2.05) is 22.7 Å². The van der Waals surface area contributed by atoms with Crippen LogP contribution in [0.15, 0.2) is 12.1 Å². The Hall–Kier alpha value is -1.26. The molecule has 0 spiro atoms. The van der Waals surface area contributed by atoms with Crippen molar-refractivity contribution in [3.05, 3.63) is 42.8 Å². The number of thiophene rings is 2. The van der Waals surface area contributed by atoms with Crippen LogP contribution >= 0.6 is 22.7 Å². The van der Waals surface area contributed by atoms with E-state index in [1.165, 1.54) is 70.9 Å². The van der Waals surface area contributed by atoms with Gasteiger partial charge < -0.3 is 0 Å². The quantitative estimate of drug-likeness (QED) is 0.328. The molecule has 1 fully saturated rings. The Balaban J connectivity index is 1.29. The Morgan fingerprint density at radius 1 is 0.656 bits per heavy atom. The van der Waals surface area contributed by atoms with Crippen LogP contribution < -0.4 is 0 Å². The summed E-state index contributed by atoms with van der Waals surface area (Å²) in [5.74, 6) is 1.55. The normalized spacial score (nSPS) is 25.7. The summed E-state index contributed by atoms with van der Waals surface area (Å²) < 4.78 is 0. The molecule has 2 aromatic heterocycles. The van der Waals surface area contributed by atoms with Gasteiger partial charge in [0.05, 0.1) is 0 Å². The lowest BCUT2D eigenvalue weighted by Crippen LogP contribution is -2.29. The van der Waals surface area contributed by atoms with E-state index in [-0.39, 0.29) is 11.8 Å². The Morgan fingerprint density at radius 3 is 1.50 bits per heavy atom. The van der Waals surface area contributed by atoms with Gasteiger partial charge in [0, 0.05) is 54.3 Å². The van der Waals surface area contributed by atoms with E-state index in [0.29, 0.717) is 23.4 Å². The van der Waals surface area contributed by atoms with Crippen LogP contribution in [0.4, 0.5) is 0 Å². The first-order valence-electron chi connectivity index (χ1n) is 13.0. The molecule has 4 heteroatoms. The number of hydrogen-bond donors (Lipinski definition) is 0. The largest absolute Gasteiger partial charge is 0.294 e. The highest BCUT2D eigenvalue weighted by Gasteiger charge is 2.53. The summed E-state index contributed by atoms with van der Waals surface area (Å²) >= 11 is 3.75. The first-order valence-corrected chi connectivity index (χ1v) is 14.6. The second kappa shape index (κ2) is 9.54. The Kier molecular flexibility index (Phi) is 6.72. The van der Waals surface area contributed by atoms with Crippen molar-refractivity contribution in [2.45, 2.75) is 103 Å². The topological polar surface area (TPSA) is 34.1 Å². The SMILES string of the molecule is CCCCCCc1cc2c(s1)C1CC3C(=O)c4cc(CCCCCC)sc4C3CC1C2=O. The first-order chi connectivity index (χ1) is 15.6. The number of Topliss-reactive ketones (excluding diaryl/α,β-unsaturated/α-hetero) is 2. The molecule has 3 aliphatic carbocycles. The van der Waals surface area contributed by atoms with Gasteiger partial charge in [-0.1, -0.05) is 52.4 Å². The molecule has 0 saturated heterocycles. The lowest BCUT2D eigenvalue weighted by atomic mass is 9.70. The maximum absolute atomic E-state index is 13.3. The van der Waals surface area contributed by atoms with Gasteiger partial charge in [-0.3, -0.25) is 9.59 Å². The number of rotatable bonds is 10. The molecule has 2 heterocycles. The van der Waals surface area contributed by atoms with Crippen molar-refractivity contribution in [3.63, 3.8) is 0 Å². The van der Waals surface area contributed by atoms with E-state index in [4.69, 9.17) is 0 Å². The minimum Gasteiger partial charge on any atom is -0.294 e. The van der Waals surface area contributed by atoms with Crippen LogP contribution in [0.3, 0.4) is 0 Å². The molecular formula is C28H36O2S2. The fourth-order valence-electron chi connectivity index (χ4n) is 6.31. The molecule has 0 bridgehead atoms. The summed E-state index contributed by atoms with van der Waals surface area (Å²) in [6.07, 6.45) is 14.1. The molecule has 4 atom stereocenters. The number of carbonyl (C=O) groups is 2. The number of fused-ring (bicyclic) bond motifs is 6. The molecule has 172 valence electrons. The van der Waals surface area contributed by atoms with Crippen molar-refractivity contribution in [1.82, 2.24) is 0 Å². The van der Waals surface area contributed by atoms with Crippen LogP contribution in [-0.4, -0.2) is 11.6 Å². The molecule has 0 aromatic carbocycles. The third kappa shape index (κ3) is 3.96. The van der Waals surface area contributed by atoms with Gasteiger partial charge in [-0.25, -0.2) is 0 Å². The fourth-order valence-corrected chi connectivity index (χ4v) is 9.09. The van der Waals surface area contributed by atoms with Crippen molar-refractivity contribution in [2.75, 3.05) is 0 Å². The van der Waals surface area contributed by atoms with Gasteiger partial charge >= 0.3 is 0 Å². The van der Waals surface area contributed by atoms with Crippen molar-refractivity contribution < 1.29 is 9.59 Å². The van der Waals surface area contributed by atoms with Gasteiger partial charge in [0.1, 0.15) is 0 Å². The smallest absolute Gasteiger partial charge is 0.167 e.